The summed E-state index contributed by atoms with van der Waals surface area (Å²) in [5.74, 6) is -0.976. The molecule has 0 unspecified atom stereocenters. The molecule has 2 aromatic rings. The van der Waals surface area contributed by atoms with Crippen LogP contribution in [-0.2, 0) is 11.3 Å². The van der Waals surface area contributed by atoms with E-state index in [9.17, 15) is 9.18 Å². The molecule has 0 atom stereocenters. The second kappa shape index (κ2) is 7.60. The number of hydrogen-bond donors (Lipinski definition) is 2. The predicted octanol–water partition coefficient (Wildman–Crippen LogP) is 2.96. The molecule has 0 bridgehead atoms. The quantitative estimate of drug-likeness (QED) is 0.658. The van der Waals surface area contributed by atoms with E-state index in [1.54, 1.807) is 18.2 Å². The van der Waals surface area contributed by atoms with Gasteiger partial charge in [-0.1, -0.05) is 42.5 Å². The Morgan fingerprint density at radius 3 is 2.50 bits per heavy atom. The van der Waals surface area contributed by atoms with Crippen LogP contribution >= 0.6 is 0 Å². The van der Waals surface area contributed by atoms with Gasteiger partial charge in [-0.3, -0.25) is 4.79 Å². The first kappa shape index (κ1) is 15.3. The van der Waals surface area contributed by atoms with Gasteiger partial charge in [-0.2, -0.15) is 5.26 Å². The fourth-order valence-corrected chi connectivity index (χ4v) is 1.75. The molecule has 110 valence electrons. The van der Waals surface area contributed by atoms with Gasteiger partial charge < -0.3 is 10.6 Å². The number of halogens is 1. The van der Waals surface area contributed by atoms with Crippen molar-refractivity contribution in [3.8, 4) is 6.07 Å². The van der Waals surface area contributed by atoms with Crippen LogP contribution in [0.2, 0.25) is 0 Å². The molecular weight excluding hydrogens is 281 g/mol. The van der Waals surface area contributed by atoms with Gasteiger partial charge >= 0.3 is 0 Å². The smallest absolute Gasteiger partial charge is 0.263 e. The summed E-state index contributed by atoms with van der Waals surface area (Å²) in [4.78, 5) is 11.9. The van der Waals surface area contributed by atoms with Crippen LogP contribution in [0.1, 0.15) is 5.56 Å². The fourth-order valence-electron chi connectivity index (χ4n) is 1.75. The van der Waals surface area contributed by atoms with Crippen molar-refractivity contribution in [1.82, 2.24) is 5.32 Å². The Morgan fingerprint density at radius 2 is 1.82 bits per heavy atom. The maximum Gasteiger partial charge on any atom is 0.263 e. The maximum absolute atomic E-state index is 13.4. The predicted molar refractivity (Wildman–Crippen MR) is 82.0 cm³/mol. The van der Waals surface area contributed by atoms with Gasteiger partial charge in [0.2, 0.25) is 0 Å². The Hall–Kier alpha value is -3.13. The Kier molecular flexibility index (Phi) is 5.27. The number of nitriles is 1. The summed E-state index contributed by atoms with van der Waals surface area (Å²) < 4.78 is 13.4. The molecule has 0 aliphatic carbocycles. The molecule has 0 saturated heterocycles. The molecule has 0 aliphatic rings. The minimum Gasteiger partial charge on any atom is -0.358 e. The molecule has 2 rings (SSSR count). The zero-order chi connectivity index (χ0) is 15.8. The lowest BCUT2D eigenvalue weighted by Gasteiger charge is -2.06. The van der Waals surface area contributed by atoms with Gasteiger partial charge in [0.25, 0.3) is 5.91 Å². The highest BCUT2D eigenvalue weighted by molar-refractivity contribution is 5.97. The Labute approximate surface area is 127 Å². The summed E-state index contributed by atoms with van der Waals surface area (Å²) in [6.07, 6.45) is 1.19. The van der Waals surface area contributed by atoms with E-state index in [2.05, 4.69) is 10.6 Å². The Bertz CT molecular complexity index is 720. The molecule has 0 heterocycles. The molecular formula is C17H14FN3O. The van der Waals surface area contributed by atoms with Crippen molar-refractivity contribution >= 4 is 11.6 Å². The monoisotopic (exact) mass is 295 g/mol. The zero-order valence-corrected chi connectivity index (χ0v) is 11.7. The third-order valence-electron chi connectivity index (χ3n) is 2.91. The molecule has 5 heteroatoms. The van der Waals surface area contributed by atoms with E-state index in [0.29, 0.717) is 6.54 Å². The van der Waals surface area contributed by atoms with Gasteiger partial charge in [-0.15, -0.1) is 0 Å². The van der Waals surface area contributed by atoms with Crippen LogP contribution in [0, 0.1) is 17.1 Å². The standard InChI is InChI=1S/C17H14FN3O/c18-15-8-4-5-9-16(15)20-12-14(10-19)17(22)21-11-13-6-2-1-3-7-13/h1-9,12,20H,11H2,(H,21,22)/b14-12-. The van der Waals surface area contributed by atoms with Crippen molar-refractivity contribution in [2.75, 3.05) is 5.32 Å². The lowest BCUT2D eigenvalue weighted by atomic mass is 10.2. The molecule has 22 heavy (non-hydrogen) atoms. The number of nitrogens with one attached hydrogen (secondary N) is 2. The normalized spacial score (nSPS) is 10.6. The summed E-state index contributed by atoms with van der Waals surface area (Å²) in [6.45, 7) is 0.318. The van der Waals surface area contributed by atoms with E-state index in [1.165, 1.54) is 18.3 Å². The maximum atomic E-state index is 13.4. The van der Waals surface area contributed by atoms with Crippen molar-refractivity contribution in [3.05, 3.63) is 77.8 Å². The first-order chi connectivity index (χ1) is 10.7. The number of para-hydroxylation sites is 1. The third-order valence-corrected chi connectivity index (χ3v) is 2.91. The van der Waals surface area contributed by atoms with Gasteiger partial charge in [0.15, 0.2) is 0 Å². The van der Waals surface area contributed by atoms with Gasteiger partial charge in [0.1, 0.15) is 17.5 Å². The Balaban J connectivity index is 1.99. The molecule has 0 aliphatic heterocycles. The van der Waals surface area contributed by atoms with E-state index in [1.807, 2.05) is 30.3 Å². The van der Waals surface area contributed by atoms with E-state index in [0.717, 1.165) is 5.56 Å². The second-order valence-corrected chi connectivity index (χ2v) is 4.46. The van der Waals surface area contributed by atoms with Crippen molar-refractivity contribution in [2.45, 2.75) is 6.54 Å². The molecule has 1 amide bonds. The van der Waals surface area contributed by atoms with Gasteiger partial charge in [-0.05, 0) is 17.7 Å². The lowest BCUT2D eigenvalue weighted by molar-refractivity contribution is -0.117. The van der Waals surface area contributed by atoms with Gasteiger partial charge in [-0.25, -0.2) is 4.39 Å². The van der Waals surface area contributed by atoms with Crippen molar-refractivity contribution < 1.29 is 9.18 Å². The molecule has 0 saturated carbocycles. The van der Waals surface area contributed by atoms with Crippen LogP contribution in [0.25, 0.3) is 0 Å². The first-order valence-electron chi connectivity index (χ1n) is 6.64. The minimum atomic E-state index is -0.518. The summed E-state index contributed by atoms with van der Waals surface area (Å²) in [5.41, 5.74) is 1.00. The number of hydrogen-bond acceptors (Lipinski definition) is 3. The number of carbonyl (C=O) groups excluding carboxylic acids is 1. The van der Waals surface area contributed by atoms with Crippen molar-refractivity contribution in [2.24, 2.45) is 0 Å². The lowest BCUT2D eigenvalue weighted by Crippen LogP contribution is -2.24. The van der Waals surface area contributed by atoms with Crippen LogP contribution in [0.5, 0.6) is 0 Å². The topological polar surface area (TPSA) is 64.9 Å². The van der Waals surface area contributed by atoms with Crippen LogP contribution in [0.4, 0.5) is 10.1 Å². The number of amides is 1. The summed E-state index contributed by atoms with van der Waals surface area (Å²) in [7, 11) is 0. The number of rotatable bonds is 5. The van der Waals surface area contributed by atoms with E-state index in [-0.39, 0.29) is 11.3 Å². The minimum absolute atomic E-state index is 0.126. The number of nitrogens with zero attached hydrogens (tertiary/aromatic N) is 1. The number of anilines is 1. The van der Waals surface area contributed by atoms with E-state index in [4.69, 9.17) is 5.26 Å². The highest BCUT2D eigenvalue weighted by Gasteiger charge is 2.08. The Morgan fingerprint density at radius 1 is 1.14 bits per heavy atom. The van der Waals surface area contributed by atoms with Gasteiger partial charge in [0.05, 0.1) is 5.69 Å². The summed E-state index contributed by atoms with van der Waals surface area (Å²) >= 11 is 0. The van der Waals surface area contributed by atoms with Crippen molar-refractivity contribution in [3.63, 3.8) is 0 Å². The molecule has 0 aromatic heterocycles. The molecule has 0 fully saturated rings. The molecule has 0 spiro atoms. The summed E-state index contributed by atoms with van der Waals surface area (Å²) in [6, 6.07) is 17.2. The van der Waals surface area contributed by atoms with Crippen LogP contribution in [0.3, 0.4) is 0 Å². The highest BCUT2D eigenvalue weighted by Crippen LogP contribution is 2.12. The average molecular weight is 295 g/mol. The van der Waals surface area contributed by atoms with Crippen molar-refractivity contribution in [1.29, 1.82) is 5.26 Å². The molecule has 0 radical (unpaired) electrons. The van der Waals surface area contributed by atoms with E-state index < -0.39 is 11.7 Å². The van der Waals surface area contributed by atoms with E-state index >= 15 is 0 Å². The van der Waals surface area contributed by atoms with Gasteiger partial charge in [0, 0.05) is 12.7 Å². The second-order valence-electron chi connectivity index (χ2n) is 4.46. The number of carbonyl (C=O) groups is 1. The van der Waals surface area contributed by atoms with Crippen LogP contribution in [-0.4, -0.2) is 5.91 Å². The van der Waals surface area contributed by atoms with Crippen LogP contribution in [0.15, 0.2) is 66.4 Å². The highest BCUT2D eigenvalue weighted by atomic mass is 19.1. The zero-order valence-electron chi connectivity index (χ0n) is 11.7. The molecule has 4 nitrogen and oxygen atoms in total. The largest absolute Gasteiger partial charge is 0.358 e. The van der Waals surface area contributed by atoms with Crippen LogP contribution < -0.4 is 10.6 Å². The number of benzene rings is 2. The average Bonchev–Trinajstić information content (AvgIpc) is 2.56. The fraction of sp³-hybridized carbons (Fsp3) is 0.0588. The molecule has 2 aromatic carbocycles. The summed E-state index contributed by atoms with van der Waals surface area (Å²) in [5, 5.41) is 14.3. The SMILES string of the molecule is N#C/C(=C/Nc1ccccc1F)C(=O)NCc1ccccc1. The third kappa shape index (κ3) is 4.18. The molecule has 2 N–H and O–H groups in total. The first-order valence-corrected chi connectivity index (χ1v) is 6.64.